The summed E-state index contributed by atoms with van der Waals surface area (Å²) in [5.41, 5.74) is 3.16. The number of hydrogen-bond donors (Lipinski definition) is 0. The van der Waals surface area contributed by atoms with Gasteiger partial charge in [-0.15, -0.1) is 0 Å². The zero-order valence-electron chi connectivity index (χ0n) is 13.5. The second-order valence-corrected chi connectivity index (χ2v) is 6.12. The molecule has 0 spiro atoms. The summed E-state index contributed by atoms with van der Waals surface area (Å²) in [5, 5.41) is 0.724. The van der Waals surface area contributed by atoms with Crippen LogP contribution in [0, 0.1) is 0 Å². The molecule has 0 amide bonds. The van der Waals surface area contributed by atoms with Crippen LogP contribution in [0.25, 0.3) is 0 Å². The van der Waals surface area contributed by atoms with Crippen molar-refractivity contribution in [1.82, 2.24) is 4.90 Å². The number of anilines is 1. The molecule has 3 nitrogen and oxygen atoms in total. The van der Waals surface area contributed by atoms with Crippen molar-refractivity contribution >= 4 is 29.2 Å². The second-order valence-electron chi connectivity index (χ2n) is 5.72. The third-order valence-corrected chi connectivity index (χ3v) is 4.64. The van der Waals surface area contributed by atoms with Crippen molar-refractivity contribution in [3.8, 4) is 0 Å². The summed E-state index contributed by atoms with van der Waals surface area (Å²) >= 11 is 6.14. The van der Waals surface area contributed by atoms with E-state index in [2.05, 4.69) is 46.0 Å². The normalized spacial score (nSPS) is 16.2. The molecule has 0 radical (unpaired) electrons. The van der Waals surface area contributed by atoms with Gasteiger partial charge in [0, 0.05) is 48.7 Å². The van der Waals surface area contributed by atoms with E-state index in [9.17, 15) is 0 Å². The summed E-state index contributed by atoms with van der Waals surface area (Å²) in [6.07, 6.45) is 1.82. The fraction of sp³-hybridized carbons (Fsp3) is 0.316. The number of rotatable bonds is 4. The molecule has 0 aromatic heterocycles. The SMILES string of the molecule is CCN1CCN(c2ccc(N=Cc3ccccc3Cl)cc2)CC1. The van der Waals surface area contributed by atoms with E-state index in [1.54, 1.807) is 0 Å². The molecule has 0 aliphatic carbocycles. The van der Waals surface area contributed by atoms with Crippen LogP contribution in [0.4, 0.5) is 11.4 Å². The Bertz CT molecular complexity index is 659. The highest BCUT2D eigenvalue weighted by atomic mass is 35.5. The lowest BCUT2D eigenvalue weighted by Crippen LogP contribution is -2.46. The summed E-state index contributed by atoms with van der Waals surface area (Å²) in [4.78, 5) is 9.44. The van der Waals surface area contributed by atoms with Crippen LogP contribution < -0.4 is 4.90 Å². The van der Waals surface area contributed by atoms with Crippen LogP contribution in [-0.2, 0) is 0 Å². The Balaban J connectivity index is 1.65. The summed E-state index contributed by atoms with van der Waals surface area (Å²) < 4.78 is 0. The Labute approximate surface area is 143 Å². The van der Waals surface area contributed by atoms with E-state index in [0.29, 0.717) is 0 Å². The van der Waals surface area contributed by atoms with Gasteiger partial charge in [-0.1, -0.05) is 36.7 Å². The summed E-state index contributed by atoms with van der Waals surface area (Å²) in [6.45, 7) is 7.84. The molecule has 1 aliphatic rings. The number of nitrogens with zero attached hydrogens (tertiary/aromatic N) is 3. The highest BCUT2D eigenvalue weighted by molar-refractivity contribution is 6.33. The van der Waals surface area contributed by atoms with Gasteiger partial charge in [-0.05, 0) is 36.9 Å². The maximum absolute atomic E-state index is 6.14. The second kappa shape index (κ2) is 7.62. The Morgan fingerprint density at radius 1 is 1.00 bits per heavy atom. The molecule has 2 aromatic carbocycles. The molecular formula is C19H22ClN3. The Hall–Kier alpha value is -1.84. The van der Waals surface area contributed by atoms with E-state index in [-0.39, 0.29) is 0 Å². The molecule has 1 saturated heterocycles. The molecule has 1 aliphatic heterocycles. The van der Waals surface area contributed by atoms with Gasteiger partial charge < -0.3 is 9.80 Å². The molecule has 4 heteroatoms. The lowest BCUT2D eigenvalue weighted by Gasteiger charge is -2.35. The van der Waals surface area contributed by atoms with Gasteiger partial charge in [0.2, 0.25) is 0 Å². The average Bonchev–Trinajstić information content (AvgIpc) is 2.62. The van der Waals surface area contributed by atoms with Crippen molar-refractivity contribution < 1.29 is 0 Å². The van der Waals surface area contributed by atoms with Crippen LogP contribution in [0.5, 0.6) is 0 Å². The number of piperazine rings is 1. The standard InChI is InChI=1S/C19H22ClN3/c1-2-22-11-13-23(14-12-22)18-9-7-17(8-10-18)21-15-16-5-3-4-6-19(16)20/h3-10,15H,2,11-14H2,1H3. The van der Waals surface area contributed by atoms with E-state index in [1.807, 2.05) is 30.5 Å². The molecule has 1 fully saturated rings. The average molecular weight is 328 g/mol. The van der Waals surface area contributed by atoms with Crippen LogP contribution in [0.15, 0.2) is 53.5 Å². The van der Waals surface area contributed by atoms with E-state index in [0.717, 1.165) is 49.0 Å². The van der Waals surface area contributed by atoms with Crippen LogP contribution >= 0.6 is 11.6 Å². The minimum Gasteiger partial charge on any atom is -0.369 e. The number of benzene rings is 2. The van der Waals surface area contributed by atoms with Crippen LogP contribution in [0.3, 0.4) is 0 Å². The number of likely N-dealkylation sites (N-methyl/N-ethyl adjacent to an activating group) is 1. The van der Waals surface area contributed by atoms with Gasteiger partial charge in [-0.3, -0.25) is 4.99 Å². The van der Waals surface area contributed by atoms with Crippen LogP contribution in [0.1, 0.15) is 12.5 Å². The Morgan fingerprint density at radius 3 is 2.35 bits per heavy atom. The fourth-order valence-corrected chi connectivity index (χ4v) is 2.98. The molecule has 1 heterocycles. The molecule has 3 rings (SSSR count). The predicted molar refractivity (Wildman–Crippen MR) is 99.5 cm³/mol. The number of halogens is 1. The Kier molecular flexibility index (Phi) is 5.31. The first-order valence-electron chi connectivity index (χ1n) is 8.12. The van der Waals surface area contributed by atoms with Crippen molar-refractivity contribution in [2.45, 2.75) is 6.92 Å². The zero-order chi connectivity index (χ0) is 16.1. The number of aliphatic imine (C=N–C) groups is 1. The van der Waals surface area contributed by atoms with Gasteiger partial charge in [0.25, 0.3) is 0 Å². The predicted octanol–water partition coefficient (Wildman–Crippen LogP) is 4.23. The first-order chi connectivity index (χ1) is 11.3. The maximum Gasteiger partial charge on any atom is 0.0631 e. The first-order valence-corrected chi connectivity index (χ1v) is 8.50. The van der Waals surface area contributed by atoms with Gasteiger partial charge in [-0.25, -0.2) is 0 Å². The molecule has 23 heavy (non-hydrogen) atoms. The molecular weight excluding hydrogens is 306 g/mol. The molecule has 0 atom stereocenters. The van der Waals surface area contributed by atoms with Gasteiger partial charge in [0.1, 0.15) is 0 Å². The van der Waals surface area contributed by atoms with E-state index in [1.165, 1.54) is 5.69 Å². The Morgan fingerprint density at radius 2 is 1.70 bits per heavy atom. The smallest absolute Gasteiger partial charge is 0.0631 e. The van der Waals surface area contributed by atoms with E-state index < -0.39 is 0 Å². The lowest BCUT2D eigenvalue weighted by molar-refractivity contribution is 0.271. The molecule has 120 valence electrons. The third-order valence-electron chi connectivity index (χ3n) is 4.29. The van der Waals surface area contributed by atoms with Crippen molar-refractivity contribution in [3.63, 3.8) is 0 Å². The topological polar surface area (TPSA) is 18.8 Å². The molecule has 0 bridgehead atoms. The van der Waals surface area contributed by atoms with E-state index >= 15 is 0 Å². The van der Waals surface area contributed by atoms with Gasteiger partial charge in [-0.2, -0.15) is 0 Å². The third kappa shape index (κ3) is 4.12. The van der Waals surface area contributed by atoms with Gasteiger partial charge in [0.05, 0.1) is 5.69 Å². The quantitative estimate of drug-likeness (QED) is 0.782. The van der Waals surface area contributed by atoms with Crippen molar-refractivity contribution in [3.05, 3.63) is 59.1 Å². The van der Waals surface area contributed by atoms with Crippen LogP contribution in [-0.4, -0.2) is 43.8 Å². The largest absolute Gasteiger partial charge is 0.369 e. The highest BCUT2D eigenvalue weighted by Crippen LogP contribution is 2.21. The van der Waals surface area contributed by atoms with E-state index in [4.69, 9.17) is 11.6 Å². The lowest BCUT2D eigenvalue weighted by atomic mass is 10.2. The monoisotopic (exact) mass is 327 g/mol. The molecule has 2 aromatic rings. The zero-order valence-corrected chi connectivity index (χ0v) is 14.2. The summed E-state index contributed by atoms with van der Waals surface area (Å²) in [5.74, 6) is 0. The molecule has 0 N–H and O–H groups in total. The van der Waals surface area contributed by atoms with Crippen molar-refractivity contribution in [2.24, 2.45) is 4.99 Å². The molecule has 0 unspecified atom stereocenters. The van der Waals surface area contributed by atoms with Crippen molar-refractivity contribution in [1.29, 1.82) is 0 Å². The first kappa shape index (κ1) is 16.0. The van der Waals surface area contributed by atoms with Gasteiger partial charge in [0.15, 0.2) is 0 Å². The minimum atomic E-state index is 0.724. The molecule has 0 saturated carbocycles. The van der Waals surface area contributed by atoms with Crippen molar-refractivity contribution in [2.75, 3.05) is 37.6 Å². The highest BCUT2D eigenvalue weighted by Gasteiger charge is 2.15. The minimum absolute atomic E-state index is 0.724. The maximum atomic E-state index is 6.14. The number of hydrogen-bond acceptors (Lipinski definition) is 3. The fourth-order valence-electron chi connectivity index (χ4n) is 2.80. The van der Waals surface area contributed by atoms with Crippen LogP contribution in [0.2, 0.25) is 5.02 Å². The van der Waals surface area contributed by atoms with Gasteiger partial charge >= 0.3 is 0 Å². The summed E-state index contributed by atoms with van der Waals surface area (Å²) in [6, 6.07) is 16.2. The summed E-state index contributed by atoms with van der Waals surface area (Å²) in [7, 11) is 0.